The molecule has 0 bridgehead atoms. The molecule has 5 nitrogen and oxygen atoms in total. The van der Waals surface area contributed by atoms with Gasteiger partial charge in [0.15, 0.2) is 6.79 Å². The monoisotopic (exact) mass is 362 g/mol. The second-order valence-electron chi connectivity index (χ2n) is 5.38. The number of ether oxygens (including phenoxy) is 2. The number of aromatic amines is 1. The number of hydrogen-bond donors (Lipinski definition) is 2. The first kappa shape index (κ1) is 15.3. The van der Waals surface area contributed by atoms with E-state index in [-0.39, 0.29) is 12.5 Å². The van der Waals surface area contributed by atoms with E-state index in [0.717, 1.165) is 11.1 Å². The lowest BCUT2D eigenvalue weighted by Crippen LogP contribution is -2.12. The van der Waals surface area contributed by atoms with Crippen molar-refractivity contribution in [3.63, 3.8) is 0 Å². The fraction of sp³-hybridized carbons (Fsp3) is 0.118. The number of phenolic OH excluding ortho intramolecular Hbond substituents is 1. The van der Waals surface area contributed by atoms with Crippen molar-refractivity contribution in [2.24, 2.45) is 0 Å². The molecular formula is C17H12Cl2N2O3. The van der Waals surface area contributed by atoms with Gasteiger partial charge >= 0.3 is 0 Å². The van der Waals surface area contributed by atoms with Gasteiger partial charge in [0.1, 0.15) is 11.5 Å². The summed E-state index contributed by atoms with van der Waals surface area (Å²) in [6.45, 7) is 0.628. The maximum atomic E-state index is 10.0. The number of phenols is 1. The van der Waals surface area contributed by atoms with E-state index in [2.05, 4.69) is 10.2 Å². The van der Waals surface area contributed by atoms with Crippen LogP contribution in [0.3, 0.4) is 0 Å². The molecule has 1 aliphatic heterocycles. The van der Waals surface area contributed by atoms with Gasteiger partial charge in [0.2, 0.25) is 0 Å². The van der Waals surface area contributed by atoms with Crippen molar-refractivity contribution in [1.82, 2.24) is 10.2 Å². The van der Waals surface area contributed by atoms with Crippen molar-refractivity contribution in [2.45, 2.75) is 6.61 Å². The van der Waals surface area contributed by atoms with Crippen LogP contribution < -0.4 is 4.74 Å². The molecule has 2 aromatic carbocycles. The number of rotatable bonds is 2. The summed E-state index contributed by atoms with van der Waals surface area (Å²) in [4.78, 5) is 0. The van der Waals surface area contributed by atoms with E-state index in [1.54, 1.807) is 24.3 Å². The minimum absolute atomic E-state index is 0.118. The molecule has 1 aliphatic rings. The Labute approximate surface area is 147 Å². The van der Waals surface area contributed by atoms with Crippen molar-refractivity contribution in [1.29, 1.82) is 0 Å². The normalized spacial score (nSPS) is 13.4. The summed E-state index contributed by atoms with van der Waals surface area (Å²) in [7, 11) is 0. The van der Waals surface area contributed by atoms with E-state index >= 15 is 0 Å². The second-order valence-corrected chi connectivity index (χ2v) is 6.25. The number of benzene rings is 2. The zero-order valence-electron chi connectivity index (χ0n) is 12.3. The largest absolute Gasteiger partial charge is 0.507 e. The van der Waals surface area contributed by atoms with Crippen LogP contribution in [-0.4, -0.2) is 22.1 Å². The number of nitrogens with zero attached hydrogens (tertiary/aromatic N) is 1. The second kappa shape index (κ2) is 6.02. The Morgan fingerprint density at radius 3 is 2.75 bits per heavy atom. The molecule has 0 saturated heterocycles. The van der Waals surface area contributed by atoms with Gasteiger partial charge in [-0.3, -0.25) is 5.10 Å². The summed E-state index contributed by atoms with van der Waals surface area (Å²) < 4.78 is 10.9. The highest BCUT2D eigenvalue weighted by Gasteiger charge is 2.20. The molecule has 0 unspecified atom stereocenters. The molecule has 0 amide bonds. The maximum Gasteiger partial charge on any atom is 0.189 e. The molecule has 0 aliphatic carbocycles. The number of fused-ring (bicyclic) bond motifs is 1. The Hall–Kier alpha value is -2.21. The summed E-state index contributed by atoms with van der Waals surface area (Å²) in [5.74, 6) is 0.825. The number of aromatic hydroxyl groups is 1. The standard InChI is InChI=1S/C17H12Cl2N2O3/c18-10-1-2-16(22)12(4-10)14-6-15(21-20-14)13-5-11(19)3-9-7-23-8-24-17(9)13/h1-6,22H,7-8H2,(H,20,21). The molecule has 122 valence electrons. The quantitative estimate of drug-likeness (QED) is 0.697. The summed E-state index contributed by atoms with van der Waals surface area (Å²) in [6.07, 6.45) is 0. The van der Waals surface area contributed by atoms with Crippen LogP contribution in [-0.2, 0) is 11.3 Å². The minimum atomic E-state index is 0.118. The molecule has 0 saturated carbocycles. The number of H-pyrrole nitrogens is 1. The Kier molecular flexibility index (Phi) is 3.84. The number of halogens is 2. The van der Waals surface area contributed by atoms with E-state index in [1.165, 1.54) is 0 Å². The lowest BCUT2D eigenvalue weighted by molar-refractivity contribution is -0.0159. The molecule has 0 radical (unpaired) electrons. The smallest absolute Gasteiger partial charge is 0.189 e. The lowest BCUT2D eigenvalue weighted by atomic mass is 10.0. The first-order valence-corrected chi connectivity index (χ1v) is 7.95. The molecule has 3 aromatic rings. The zero-order valence-corrected chi connectivity index (χ0v) is 13.9. The predicted molar refractivity (Wildman–Crippen MR) is 91.4 cm³/mol. The summed E-state index contributed by atoms with van der Waals surface area (Å²) >= 11 is 12.2. The van der Waals surface area contributed by atoms with E-state index in [1.807, 2.05) is 12.1 Å². The number of nitrogens with one attached hydrogen (secondary N) is 1. The zero-order chi connectivity index (χ0) is 16.7. The SMILES string of the molecule is Oc1ccc(Cl)cc1-c1cc(-c2cc(Cl)cc3c2OCOC3)n[nH]1. The van der Waals surface area contributed by atoms with Crippen LogP contribution in [0.5, 0.6) is 11.5 Å². The van der Waals surface area contributed by atoms with E-state index in [0.29, 0.717) is 39.4 Å². The highest BCUT2D eigenvalue weighted by Crippen LogP contribution is 2.39. The molecule has 2 heterocycles. The molecular weight excluding hydrogens is 351 g/mol. The molecule has 0 fully saturated rings. The molecule has 2 N–H and O–H groups in total. The van der Waals surface area contributed by atoms with Crippen LogP contribution in [0.4, 0.5) is 0 Å². The van der Waals surface area contributed by atoms with E-state index in [4.69, 9.17) is 32.7 Å². The van der Waals surface area contributed by atoms with Gasteiger partial charge in [0, 0.05) is 26.7 Å². The highest BCUT2D eigenvalue weighted by molar-refractivity contribution is 6.31. The topological polar surface area (TPSA) is 67.4 Å². The molecule has 4 rings (SSSR count). The molecule has 24 heavy (non-hydrogen) atoms. The van der Waals surface area contributed by atoms with Crippen molar-refractivity contribution >= 4 is 23.2 Å². The van der Waals surface area contributed by atoms with Gasteiger partial charge in [-0.05, 0) is 36.4 Å². The fourth-order valence-electron chi connectivity index (χ4n) is 2.69. The molecule has 1 aromatic heterocycles. The summed E-state index contributed by atoms with van der Waals surface area (Å²) in [5, 5.41) is 18.4. The van der Waals surface area contributed by atoms with Gasteiger partial charge in [-0.1, -0.05) is 23.2 Å². The van der Waals surface area contributed by atoms with Crippen LogP contribution in [0.15, 0.2) is 36.4 Å². The Morgan fingerprint density at radius 2 is 1.88 bits per heavy atom. The Morgan fingerprint density at radius 1 is 1.04 bits per heavy atom. The van der Waals surface area contributed by atoms with Crippen LogP contribution in [0.2, 0.25) is 10.0 Å². The Balaban J connectivity index is 1.81. The van der Waals surface area contributed by atoms with Crippen LogP contribution in [0.1, 0.15) is 5.56 Å². The minimum Gasteiger partial charge on any atom is -0.507 e. The van der Waals surface area contributed by atoms with Crippen LogP contribution in [0.25, 0.3) is 22.5 Å². The van der Waals surface area contributed by atoms with Crippen molar-refractivity contribution < 1.29 is 14.6 Å². The third kappa shape index (κ3) is 2.71. The third-order valence-electron chi connectivity index (χ3n) is 3.78. The molecule has 7 heteroatoms. The predicted octanol–water partition coefficient (Wildman–Crippen LogP) is 4.62. The van der Waals surface area contributed by atoms with Crippen molar-refractivity contribution in [3.8, 4) is 34.0 Å². The van der Waals surface area contributed by atoms with Crippen LogP contribution >= 0.6 is 23.2 Å². The summed E-state index contributed by atoms with van der Waals surface area (Å²) in [5.41, 5.74) is 3.51. The van der Waals surface area contributed by atoms with Crippen LogP contribution in [0, 0.1) is 0 Å². The van der Waals surface area contributed by atoms with Gasteiger partial charge in [-0.2, -0.15) is 5.10 Å². The van der Waals surface area contributed by atoms with Crippen molar-refractivity contribution in [2.75, 3.05) is 6.79 Å². The van der Waals surface area contributed by atoms with Gasteiger partial charge in [-0.15, -0.1) is 0 Å². The van der Waals surface area contributed by atoms with Gasteiger partial charge in [0.25, 0.3) is 0 Å². The van der Waals surface area contributed by atoms with Gasteiger partial charge < -0.3 is 14.6 Å². The first-order chi connectivity index (χ1) is 11.6. The maximum absolute atomic E-state index is 10.0. The third-order valence-corrected chi connectivity index (χ3v) is 4.23. The van der Waals surface area contributed by atoms with Gasteiger partial charge in [0.05, 0.1) is 18.0 Å². The fourth-order valence-corrected chi connectivity index (χ4v) is 3.10. The van der Waals surface area contributed by atoms with Crippen molar-refractivity contribution in [3.05, 3.63) is 52.0 Å². The van der Waals surface area contributed by atoms with E-state index in [9.17, 15) is 5.11 Å². The molecule has 0 spiro atoms. The lowest BCUT2D eigenvalue weighted by Gasteiger charge is -2.20. The van der Waals surface area contributed by atoms with Gasteiger partial charge in [-0.25, -0.2) is 0 Å². The first-order valence-electron chi connectivity index (χ1n) is 7.19. The molecule has 0 atom stereocenters. The van der Waals surface area contributed by atoms with E-state index < -0.39 is 0 Å². The number of hydrogen-bond acceptors (Lipinski definition) is 4. The highest BCUT2D eigenvalue weighted by atomic mass is 35.5. The summed E-state index contributed by atoms with van der Waals surface area (Å²) in [6, 6.07) is 10.3. The Bertz CT molecular complexity index is 924. The average Bonchev–Trinajstić information content (AvgIpc) is 3.06. The number of aromatic nitrogens is 2. The average molecular weight is 363 g/mol.